The molecule has 16 heavy (non-hydrogen) atoms. The van der Waals surface area contributed by atoms with Gasteiger partial charge in [-0.15, -0.1) is 0 Å². The lowest BCUT2D eigenvalue weighted by Crippen LogP contribution is -2.30. The largest absolute Gasteiger partial charge is 0.510 e. The van der Waals surface area contributed by atoms with Crippen molar-refractivity contribution in [3.8, 4) is 0 Å². The second-order valence-electron chi connectivity index (χ2n) is 2.76. The molecule has 0 rings (SSSR count). The van der Waals surface area contributed by atoms with Crippen molar-refractivity contribution in [1.29, 1.82) is 0 Å². The van der Waals surface area contributed by atoms with Crippen molar-refractivity contribution in [3.05, 3.63) is 0 Å². The molecule has 0 saturated heterocycles. The van der Waals surface area contributed by atoms with Crippen molar-refractivity contribution in [1.82, 2.24) is 4.90 Å². The van der Waals surface area contributed by atoms with Gasteiger partial charge in [0.15, 0.2) is 6.73 Å². The van der Waals surface area contributed by atoms with Gasteiger partial charge in [0.2, 0.25) is 0 Å². The molecule has 0 amide bonds. The van der Waals surface area contributed by atoms with E-state index in [0.29, 0.717) is 0 Å². The summed E-state index contributed by atoms with van der Waals surface area (Å²) in [5.74, 6) is 0. The minimum Gasteiger partial charge on any atom is -0.432 e. The van der Waals surface area contributed by atoms with Crippen molar-refractivity contribution in [2.24, 2.45) is 4.99 Å². The fraction of sp³-hybridized carbons (Fsp3) is 0.750. The number of hydrogen-bond acceptors (Lipinski definition) is 8. The minimum atomic E-state index is -0.748. The maximum Gasteiger partial charge on any atom is 0.510 e. The number of likely N-dealkylation sites (N-methyl/N-ethyl adjacent to an activating group) is 1. The minimum absolute atomic E-state index is 0.0940. The molecule has 0 fully saturated rings. The predicted octanol–water partition coefficient (Wildman–Crippen LogP) is 2.10. The maximum atomic E-state index is 11.0. The fourth-order valence-electron chi connectivity index (χ4n) is 0.666. The molecule has 8 heteroatoms. The lowest BCUT2D eigenvalue weighted by Gasteiger charge is -2.21. The summed E-state index contributed by atoms with van der Waals surface area (Å²) in [7, 11) is 7.06. The Labute approximate surface area is 108 Å². The molecule has 0 bridgehead atoms. The molecule has 5 nitrogen and oxygen atoms in total. The molecule has 0 aliphatic heterocycles. The van der Waals surface area contributed by atoms with E-state index in [1.54, 1.807) is 21.6 Å². The first-order valence-electron chi connectivity index (χ1n) is 4.31. The molecule has 1 atom stereocenters. The molecule has 1 unspecified atom stereocenters. The second-order valence-corrected chi connectivity index (χ2v) is 5.59. The van der Waals surface area contributed by atoms with Gasteiger partial charge in [0.05, 0.1) is 5.16 Å². The Hall–Kier alpha value is -0.270. The van der Waals surface area contributed by atoms with Crippen LogP contribution in [0.3, 0.4) is 0 Å². The van der Waals surface area contributed by atoms with E-state index in [1.807, 2.05) is 25.3 Å². The number of ether oxygens (including phenoxy) is 2. The van der Waals surface area contributed by atoms with Gasteiger partial charge in [-0.25, -0.2) is 4.79 Å². The van der Waals surface area contributed by atoms with Crippen LogP contribution in [0.5, 0.6) is 0 Å². The van der Waals surface area contributed by atoms with Gasteiger partial charge in [0.25, 0.3) is 0 Å². The average molecular weight is 282 g/mol. The van der Waals surface area contributed by atoms with E-state index >= 15 is 0 Å². The quantitative estimate of drug-likeness (QED) is 0.233. The molecule has 0 N–H and O–H groups in total. The number of thiocarbonyl (C=S) groups is 1. The Bertz CT molecular complexity index is 257. The lowest BCUT2D eigenvalue weighted by molar-refractivity contribution is 0.0505. The van der Waals surface area contributed by atoms with Gasteiger partial charge < -0.3 is 9.47 Å². The SMILES string of the molecule is CSSC(COC(=O)OCN=C=S)N(C)C. The molecule has 0 aliphatic rings. The Morgan fingerprint density at radius 1 is 1.56 bits per heavy atom. The summed E-state index contributed by atoms with van der Waals surface area (Å²) in [6.07, 6.45) is 1.22. The fourth-order valence-corrected chi connectivity index (χ4v) is 2.59. The third-order valence-electron chi connectivity index (χ3n) is 1.44. The first kappa shape index (κ1) is 15.7. The summed E-state index contributed by atoms with van der Waals surface area (Å²) < 4.78 is 9.50. The van der Waals surface area contributed by atoms with Crippen LogP contribution in [0.2, 0.25) is 0 Å². The monoisotopic (exact) mass is 282 g/mol. The summed E-state index contributed by atoms with van der Waals surface area (Å²) in [5, 5.41) is 2.18. The number of hydrogen-bond donors (Lipinski definition) is 0. The highest BCUT2D eigenvalue weighted by Crippen LogP contribution is 2.25. The van der Waals surface area contributed by atoms with E-state index in [4.69, 9.17) is 4.74 Å². The Morgan fingerprint density at radius 2 is 2.25 bits per heavy atom. The van der Waals surface area contributed by atoms with Gasteiger partial charge in [-0.05, 0) is 32.6 Å². The van der Waals surface area contributed by atoms with Crippen molar-refractivity contribution in [2.75, 3.05) is 33.7 Å². The van der Waals surface area contributed by atoms with Gasteiger partial charge in [-0.2, -0.15) is 4.99 Å². The Balaban J connectivity index is 3.82. The summed E-state index contributed by atoms with van der Waals surface area (Å²) in [6.45, 7) is 0.114. The number of isothiocyanates is 1. The predicted molar refractivity (Wildman–Crippen MR) is 70.9 cm³/mol. The zero-order valence-electron chi connectivity index (χ0n) is 9.34. The van der Waals surface area contributed by atoms with Crippen molar-refractivity contribution in [3.63, 3.8) is 0 Å². The van der Waals surface area contributed by atoms with Gasteiger partial charge in [0, 0.05) is 0 Å². The number of rotatable bonds is 7. The summed E-state index contributed by atoms with van der Waals surface area (Å²) in [6, 6.07) is 0. The molecule has 0 aliphatic carbocycles. The molecule has 0 aromatic rings. The van der Waals surface area contributed by atoms with Crippen LogP contribution in [-0.2, 0) is 9.47 Å². The molecule has 0 aromatic heterocycles. The number of carbonyl (C=O) groups is 1. The first-order chi connectivity index (χ1) is 7.61. The van der Waals surface area contributed by atoms with Gasteiger partial charge in [-0.3, -0.25) is 4.90 Å². The molecule has 0 aromatic carbocycles. The zero-order chi connectivity index (χ0) is 12.4. The number of nitrogens with zero attached hydrogens (tertiary/aromatic N) is 2. The van der Waals surface area contributed by atoms with E-state index < -0.39 is 6.16 Å². The van der Waals surface area contributed by atoms with E-state index in [1.165, 1.54) is 0 Å². The summed E-state index contributed by atoms with van der Waals surface area (Å²) in [4.78, 5) is 16.4. The number of aliphatic imine (C=N–C) groups is 1. The Kier molecular flexibility index (Phi) is 9.75. The highest BCUT2D eigenvalue weighted by Gasteiger charge is 2.14. The van der Waals surface area contributed by atoms with E-state index in [0.717, 1.165) is 0 Å². The standard InChI is InChI=1S/C8H14N2O3S3/c1-10(2)7(16-15-3)4-12-8(11)13-5-9-6-14/h7H,4-5H2,1-3H3. The molecule has 92 valence electrons. The van der Waals surface area contributed by atoms with Crippen molar-refractivity contribution in [2.45, 2.75) is 5.37 Å². The molecule has 0 saturated carbocycles. The van der Waals surface area contributed by atoms with E-state index in [9.17, 15) is 4.79 Å². The summed E-state index contributed by atoms with van der Waals surface area (Å²) >= 11 is 4.32. The van der Waals surface area contributed by atoms with E-state index in [-0.39, 0.29) is 18.7 Å². The smallest absolute Gasteiger partial charge is 0.432 e. The van der Waals surface area contributed by atoms with Crippen LogP contribution in [0.4, 0.5) is 4.79 Å². The average Bonchev–Trinajstić information content (AvgIpc) is 2.24. The highest BCUT2D eigenvalue weighted by atomic mass is 33.1. The second kappa shape index (κ2) is 9.92. The molecule has 0 radical (unpaired) electrons. The van der Waals surface area contributed by atoms with Gasteiger partial charge in [0.1, 0.15) is 12.0 Å². The first-order valence-corrected chi connectivity index (χ1v) is 7.33. The summed E-state index contributed by atoms with van der Waals surface area (Å²) in [5.41, 5.74) is 0. The van der Waals surface area contributed by atoms with Gasteiger partial charge >= 0.3 is 6.16 Å². The Morgan fingerprint density at radius 3 is 2.75 bits per heavy atom. The molecule has 0 spiro atoms. The van der Waals surface area contributed by atoms with Crippen LogP contribution in [0.1, 0.15) is 0 Å². The highest BCUT2D eigenvalue weighted by molar-refractivity contribution is 8.76. The zero-order valence-corrected chi connectivity index (χ0v) is 11.8. The topological polar surface area (TPSA) is 51.1 Å². The van der Waals surface area contributed by atoms with Gasteiger partial charge in [-0.1, -0.05) is 21.6 Å². The third-order valence-corrected chi connectivity index (χ3v) is 3.78. The molecule has 0 heterocycles. The van der Waals surface area contributed by atoms with Crippen molar-refractivity contribution < 1.29 is 14.3 Å². The number of carbonyl (C=O) groups excluding carboxylic acids is 1. The normalized spacial score (nSPS) is 11.8. The van der Waals surface area contributed by atoms with E-state index in [2.05, 4.69) is 27.1 Å². The van der Waals surface area contributed by atoms with Crippen molar-refractivity contribution >= 4 is 45.1 Å². The maximum absolute atomic E-state index is 11.0. The van der Waals surface area contributed by atoms with Crippen LogP contribution in [-0.4, -0.2) is 55.3 Å². The molecular formula is C8H14N2O3S3. The van der Waals surface area contributed by atoms with Crippen LogP contribution in [0, 0.1) is 0 Å². The third kappa shape index (κ3) is 7.95. The van der Waals surface area contributed by atoms with Crippen LogP contribution < -0.4 is 0 Å². The van der Waals surface area contributed by atoms with Crippen LogP contribution >= 0.6 is 33.8 Å². The van der Waals surface area contributed by atoms with Crippen LogP contribution in [0.25, 0.3) is 0 Å². The lowest BCUT2D eigenvalue weighted by atomic mass is 10.6. The van der Waals surface area contributed by atoms with Crippen LogP contribution in [0.15, 0.2) is 4.99 Å². The molecular weight excluding hydrogens is 268 g/mol.